The van der Waals surface area contributed by atoms with Crippen molar-refractivity contribution in [2.75, 3.05) is 0 Å². The van der Waals surface area contributed by atoms with Gasteiger partial charge in [-0.3, -0.25) is 0 Å². The Morgan fingerprint density at radius 2 is 1.90 bits per heavy atom. The van der Waals surface area contributed by atoms with Crippen LogP contribution in [0.1, 0.15) is 24.7 Å². The van der Waals surface area contributed by atoms with Gasteiger partial charge in [-0.15, -0.1) is 10.2 Å². The van der Waals surface area contributed by atoms with Crippen molar-refractivity contribution >= 4 is 0 Å². The highest BCUT2D eigenvalue weighted by Gasteiger charge is 2.27. The number of fused-ring (bicyclic) bond motifs is 1. The molecule has 0 radical (unpaired) electrons. The maximum atomic E-state index is 5.77. The van der Waals surface area contributed by atoms with Gasteiger partial charge in [0.05, 0.1) is 0 Å². The van der Waals surface area contributed by atoms with Crippen LogP contribution < -0.4 is 0 Å². The summed E-state index contributed by atoms with van der Waals surface area (Å²) in [5, 5.41) is 12.4. The van der Waals surface area contributed by atoms with E-state index in [-0.39, 0.29) is 0 Å². The fourth-order valence-corrected chi connectivity index (χ4v) is 2.76. The summed E-state index contributed by atoms with van der Waals surface area (Å²) in [6.45, 7) is 2.24. The lowest BCUT2D eigenvalue weighted by Crippen LogP contribution is -2.09. The Morgan fingerprint density at radius 1 is 1.10 bits per heavy atom. The molecule has 0 fully saturated rings. The normalized spacial score (nSPS) is 17.7. The molecule has 3 aromatic rings. The van der Waals surface area contributed by atoms with Gasteiger partial charge in [-0.1, -0.05) is 30.3 Å². The van der Waals surface area contributed by atoms with Crippen LogP contribution in [0.2, 0.25) is 0 Å². The van der Waals surface area contributed by atoms with E-state index in [1.165, 1.54) is 0 Å². The number of benzene rings is 1. The average Bonchev–Trinajstić information content (AvgIpc) is 3.14. The molecule has 4 rings (SSSR count). The Labute approximate surface area is 122 Å². The molecule has 2 aromatic heterocycles. The molecule has 0 unspecified atom stereocenters. The van der Waals surface area contributed by atoms with E-state index in [1.54, 1.807) is 0 Å². The summed E-state index contributed by atoms with van der Waals surface area (Å²) in [5.74, 6) is 2.54. The number of rotatable bonds is 2. The van der Waals surface area contributed by atoms with Crippen LogP contribution in [0, 0.1) is 5.92 Å². The van der Waals surface area contributed by atoms with Gasteiger partial charge in [-0.05, 0) is 30.9 Å². The summed E-state index contributed by atoms with van der Waals surface area (Å²) in [6.07, 6.45) is 3.03. The molecule has 1 atom stereocenters. The van der Waals surface area contributed by atoms with Gasteiger partial charge in [-0.25, -0.2) is 0 Å². The van der Waals surface area contributed by atoms with Gasteiger partial charge >= 0.3 is 0 Å². The predicted octanol–water partition coefficient (Wildman–Crippen LogP) is 3.52. The fourth-order valence-electron chi connectivity index (χ4n) is 2.76. The van der Waals surface area contributed by atoms with E-state index in [2.05, 4.69) is 22.3 Å². The van der Waals surface area contributed by atoms with E-state index in [9.17, 15) is 0 Å². The van der Waals surface area contributed by atoms with E-state index >= 15 is 0 Å². The Morgan fingerprint density at radius 3 is 2.76 bits per heavy atom. The first-order chi connectivity index (χ1) is 10.3. The molecule has 1 aromatic carbocycles. The number of hydrogen-bond donors (Lipinski definition) is 0. The largest absolute Gasteiger partial charge is 0.414 e. The van der Waals surface area contributed by atoms with Crippen molar-refractivity contribution in [2.45, 2.75) is 26.2 Å². The lowest BCUT2D eigenvalue weighted by atomic mass is 9.88. The van der Waals surface area contributed by atoms with E-state index in [4.69, 9.17) is 8.94 Å². The Hall–Kier alpha value is -2.43. The molecule has 0 aliphatic heterocycles. The van der Waals surface area contributed by atoms with Crippen LogP contribution >= 0.6 is 0 Å². The zero-order valence-electron chi connectivity index (χ0n) is 11.7. The molecule has 21 heavy (non-hydrogen) atoms. The van der Waals surface area contributed by atoms with Crippen molar-refractivity contribution in [3.05, 3.63) is 41.7 Å². The molecular weight excluding hydrogens is 266 g/mol. The zero-order valence-corrected chi connectivity index (χ0v) is 11.7. The van der Waals surface area contributed by atoms with Crippen LogP contribution in [0.25, 0.3) is 23.0 Å². The number of aryl methyl sites for hydroxylation is 1. The molecular formula is C16H15N3O2. The first kappa shape index (κ1) is 12.3. The van der Waals surface area contributed by atoms with E-state index < -0.39 is 0 Å². The number of nitrogens with zero attached hydrogens (tertiary/aromatic N) is 3. The fraction of sp³-hybridized carbons (Fsp3) is 0.312. The lowest BCUT2D eigenvalue weighted by molar-refractivity contribution is 0.356. The predicted molar refractivity (Wildman–Crippen MR) is 76.4 cm³/mol. The van der Waals surface area contributed by atoms with Crippen LogP contribution in [0.5, 0.6) is 0 Å². The quantitative estimate of drug-likeness (QED) is 0.719. The standard InChI is InChI=1S/C16H15N3O2/c1-10-7-8-13-12(9-10)14(19-21-13)16-18-17-15(20-16)11-5-3-2-4-6-11/h2-6,10H,7-9H2,1H3/t10-/m0/s1. The Bertz CT molecular complexity index is 761. The van der Waals surface area contributed by atoms with Crippen molar-refractivity contribution in [3.8, 4) is 23.0 Å². The van der Waals surface area contributed by atoms with Gasteiger partial charge in [-0.2, -0.15) is 0 Å². The van der Waals surface area contributed by atoms with Gasteiger partial charge in [0, 0.05) is 17.5 Å². The highest BCUT2D eigenvalue weighted by atomic mass is 16.5. The van der Waals surface area contributed by atoms with Crippen LogP contribution in [0.15, 0.2) is 39.3 Å². The van der Waals surface area contributed by atoms with Crippen molar-refractivity contribution in [1.29, 1.82) is 0 Å². The first-order valence-electron chi connectivity index (χ1n) is 7.18. The van der Waals surface area contributed by atoms with Crippen molar-refractivity contribution in [3.63, 3.8) is 0 Å². The molecule has 1 aliphatic carbocycles. The smallest absolute Gasteiger partial charge is 0.270 e. The summed E-state index contributed by atoms with van der Waals surface area (Å²) in [7, 11) is 0. The second-order valence-corrected chi connectivity index (χ2v) is 5.56. The van der Waals surface area contributed by atoms with Crippen molar-refractivity contribution in [1.82, 2.24) is 15.4 Å². The molecule has 0 N–H and O–H groups in total. The van der Waals surface area contributed by atoms with E-state index in [0.717, 1.165) is 36.1 Å². The summed E-state index contributed by atoms with van der Waals surface area (Å²) in [6, 6.07) is 9.73. The average molecular weight is 281 g/mol. The molecule has 2 heterocycles. The third kappa shape index (κ3) is 2.14. The van der Waals surface area contributed by atoms with Crippen LogP contribution in [-0.4, -0.2) is 15.4 Å². The van der Waals surface area contributed by atoms with Crippen LogP contribution in [0.3, 0.4) is 0 Å². The molecule has 0 saturated carbocycles. The van der Waals surface area contributed by atoms with Gasteiger partial charge in [0.2, 0.25) is 5.89 Å². The van der Waals surface area contributed by atoms with Crippen molar-refractivity contribution in [2.24, 2.45) is 5.92 Å². The van der Waals surface area contributed by atoms with Gasteiger partial charge in [0.25, 0.3) is 5.89 Å². The minimum atomic E-state index is 0.438. The maximum absolute atomic E-state index is 5.77. The third-order valence-corrected chi connectivity index (χ3v) is 3.93. The molecule has 5 heteroatoms. The molecule has 5 nitrogen and oxygen atoms in total. The Kier molecular flexibility index (Phi) is 2.84. The van der Waals surface area contributed by atoms with Gasteiger partial charge in [0.15, 0.2) is 5.69 Å². The van der Waals surface area contributed by atoms with Gasteiger partial charge < -0.3 is 8.94 Å². The number of hydrogen-bond acceptors (Lipinski definition) is 5. The molecule has 106 valence electrons. The Balaban J connectivity index is 1.72. The monoisotopic (exact) mass is 281 g/mol. The minimum absolute atomic E-state index is 0.438. The highest BCUT2D eigenvalue weighted by molar-refractivity contribution is 5.58. The number of aromatic nitrogens is 3. The molecule has 0 spiro atoms. The van der Waals surface area contributed by atoms with Crippen molar-refractivity contribution < 1.29 is 8.94 Å². The molecule has 0 saturated heterocycles. The van der Waals surface area contributed by atoms with Crippen LogP contribution in [0.4, 0.5) is 0 Å². The summed E-state index contributed by atoms with van der Waals surface area (Å²) in [5.41, 5.74) is 2.73. The SMILES string of the molecule is C[C@H]1CCc2onc(-c3nnc(-c4ccccc4)o3)c2C1. The second kappa shape index (κ2) is 4.84. The zero-order chi connectivity index (χ0) is 14.2. The van der Waals surface area contributed by atoms with E-state index in [0.29, 0.717) is 23.4 Å². The summed E-state index contributed by atoms with van der Waals surface area (Å²) < 4.78 is 11.2. The maximum Gasteiger partial charge on any atom is 0.270 e. The van der Waals surface area contributed by atoms with E-state index in [1.807, 2.05) is 30.3 Å². The van der Waals surface area contributed by atoms with Crippen LogP contribution in [-0.2, 0) is 12.8 Å². The lowest BCUT2D eigenvalue weighted by Gasteiger charge is -2.15. The molecule has 1 aliphatic rings. The minimum Gasteiger partial charge on any atom is -0.414 e. The topological polar surface area (TPSA) is 65.0 Å². The highest BCUT2D eigenvalue weighted by Crippen LogP contribution is 2.33. The van der Waals surface area contributed by atoms with Gasteiger partial charge in [0.1, 0.15) is 5.76 Å². The molecule has 0 amide bonds. The molecule has 0 bridgehead atoms. The third-order valence-electron chi connectivity index (χ3n) is 3.93. The summed E-state index contributed by atoms with van der Waals surface area (Å²) in [4.78, 5) is 0. The summed E-state index contributed by atoms with van der Waals surface area (Å²) >= 11 is 0. The first-order valence-corrected chi connectivity index (χ1v) is 7.18. The second-order valence-electron chi connectivity index (χ2n) is 5.56.